The zero-order valence-electron chi connectivity index (χ0n) is 13.6. The van der Waals surface area contributed by atoms with Crippen molar-refractivity contribution in [1.29, 1.82) is 0 Å². The molecule has 0 saturated heterocycles. The van der Waals surface area contributed by atoms with E-state index < -0.39 is 17.5 Å². The van der Waals surface area contributed by atoms with E-state index in [9.17, 15) is 13.6 Å². The van der Waals surface area contributed by atoms with Crippen molar-refractivity contribution in [3.63, 3.8) is 0 Å². The first-order chi connectivity index (χ1) is 11.0. The number of ether oxygens (including phenoxy) is 1. The number of carbonyl (C=O) groups excluding carboxylic acids is 1. The highest BCUT2D eigenvalue weighted by Crippen LogP contribution is 2.40. The van der Waals surface area contributed by atoms with Crippen LogP contribution in [0.2, 0.25) is 0 Å². The van der Waals surface area contributed by atoms with Crippen LogP contribution in [0.5, 0.6) is 0 Å². The first-order valence-electron chi connectivity index (χ1n) is 8.02. The molecule has 5 nitrogen and oxygen atoms in total. The number of hydrogen-bond donors (Lipinski definition) is 1. The Morgan fingerprint density at radius 3 is 2.65 bits per heavy atom. The van der Waals surface area contributed by atoms with Crippen molar-refractivity contribution in [2.45, 2.75) is 45.6 Å². The summed E-state index contributed by atoms with van der Waals surface area (Å²) >= 11 is -2.34. The molecular formula is C17H24O5S. The fourth-order valence-corrected chi connectivity index (χ4v) is 3.67. The summed E-state index contributed by atoms with van der Waals surface area (Å²) in [6.45, 7) is 4.16. The lowest BCUT2D eigenvalue weighted by atomic mass is 9.77. The normalized spacial score (nSPS) is 24.0. The highest BCUT2D eigenvalue weighted by molar-refractivity contribution is 7.74. The predicted octanol–water partition coefficient (Wildman–Crippen LogP) is 3.56. The van der Waals surface area contributed by atoms with Crippen LogP contribution >= 0.6 is 0 Å². The number of carbonyl (C=O) groups is 1. The van der Waals surface area contributed by atoms with Crippen LogP contribution in [0, 0.1) is 18.8 Å². The molecule has 6 heteroatoms. The lowest BCUT2D eigenvalue weighted by Crippen LogP contribution is -2.29. The van der Waals surface area contributed by atoms with E-state index in [1.54, 1.807) is 6.92 Å². The van der Waals surface area contributed by atoms with Gasteiger partial charge in [-0.2, -0.15) is 4.21 Å². The number of esters is 1. The van der Waals surface area contributed by atoms with E-state index in [2.05, 4.69) is 0 Å². The average molecular weight is 340 g/mol. The summed E-state index contributed by atoms with van der Waals surface area (Å²) in [7, 11) is 0. The number of rotatable bonds is 6. The molecule has 0 aromatic heterocycles. The Labute approximate surface area is 139 Å². The minimum absolute atomic E-state index is 0.0250. The van der Waals surface area contributed by atoms with Gasteiger partial charge < -0.3 is 4.74 Å². The Kier molecular flexibility index (Phi) is 6.74. The topological polar surface area (TPSA) is 72.8 Å². The van der Waals surface area contributed by atoms with Crippen molar-refractivity contribution < 1.29 is 22.5 Å². The second-order valence-electron chi connectivity index (χ2n) is 6.02. The largest absolute Gasteiger partial charge is 0.466 e. The van der Waals surface area contributed by atoms with Crippen LogP contribution in [0.3, 0.4) is 0 Å². The maximum absolute atomic E-state index is 12.0. The summed E-state index contributed by atoms with van der Waals surface area (Å²) in [5.41, 5.74) is 1.98. The lowest BCUT2D eigenvalue weighted by molar-refractivity contribution is -0.150. The molecule has 1 fully saturated rings. The van der Waals surface area contributed by atoms with Gasteiger partial charge in [0.2, 0.25) is 0 Å². The molecule has 0 aliphatic heterocycles. The van der Waals surface area contributed by atoms with Gasteiger partial charge in [-0.25, -0.2) is 0 Å². The van der Waals surface area contributed by atoms with E-state index in [1.165, 1.54) is 0 Å². The fraction of sp³-hybridized carbons (Fsp3) is 0.588. The molecule has 0 heterocycles. The molecule has 0 radical (unpaired) electrons. The molecule has 1 aromatic rings. The summed E-state index contributed by atoms with van der Waals surface area (Å²) in [4.78, 5) is 12.0. The second-order valence-corrected chi connectivity index (χ2v) is 6.65. The van der Waals surface area contributed by atoms with Crippen LogP contribution in [0.4, 0.5) is 0 Å². The molecule has 1 aliphatic carbocycles. The quantitative estimate of drug-likeness (QED) is 0.633. The molecule has 4 unspecified atom stereocenters. The van der Waals surface area contributed by atoms with Crippen LogP contribution in [0.25, 0.3) is 0 Å². The van der Waals surface area contributed by atoms with E-state index >= 15 is 0 Å². The number of hydrogen-bond acceptors (Lipinski definition) is 4. The highest BCUT2D eigenvalue weighted by atomic mass is 32.2. The minimum atomic E-state index is -2.34. The second kappa shape index (κ2) is 8.57. The molecule has 1 N–H and O–H groups in total. The molecule has 1 aromatic carbocycles. The van der Waals surface area contributed by atoms with Crippen LogP contribution in [0.1, 0.15) is 49.8 Å². The molecular weight excluding hydrogens is 316 g/mol. The van der Waals surface area contributed by atoms with Crippen molar-refractivity contribution in [3.8, 4) is 0 Å². The third-order valence-electron chi connectivity index (χ3n) is 4.35. The highest BCUT2D eigenvalue weighted by Gasteiger charge is 2.34. The first kappa shape index (κ1) is 18.1. The fourth-order valence-electron chi connectivity index (χ4n) is 3.23. The standard InChI is InChI=1S/C17H24O5S/c1-3-21-17(18)15-6-4-5-14(11-15)16(22-23(19)20)13-9-7-12(2)8-10-13/h7-10,14-16H,3-6,11H2,1-2H3,(H,19,20). The lowest BCUT2D eigenvalue weighted by Gasteiger charge is -2.32. The van der Waals surface area contributed by atoms with Gasteiger partial charge in [-0.15, -0.1) is 0 Å². The molecule has 2 rings (SSSR count). The zero-order chi connectivity index (χ0) is 16.8. The van der Waals surface area contributed by atoms with Gasteiger partial charge in [-0.1, -0.05) is 36.2 Å². The van der Waals surface area contributed by atoms with Crippen LogP contribution < -0.4 is 0 Å². The Morgan fingerprint density at radius 2 is 2.04 bits per heavy atom. The SMILES string of the molecule is CCOC(=O)C1CCCC(C(OS(=O)O)c2ccc(C)cc2)C1. The van der Waals surface area contributed by atoms with Gasteiger partial charge in [-0.3, -0.25) is 13.5 Å². The smallest absolute Gasteiger partial charge is 0.308 e. The van der Waals surface area contributed by atoms with E-state index in [-0.39, 0.29) is 17.8 Å². The summed E-state index contributed by atoms with van der Waals surface area (Å²) in [5.74, 6) is -0.306. The van der Waals surface area contributed by atoms with Gasteiger partial charge in [0, 0.05) is 0 Å². The van der Waals surface area contributed by atoms with Gasteiger partial charge in [0.25, 0.3) is 0 Å². The van der Waals surface area contributed by atoms with Crippen molar-refractivity contribution in [2.75, 3.05) is 6.61 Å². The van der Waals surface area contributed by atoms with E-state index in [1.807, 2.05) is 31.2 Å². The minimum Gasteiger partial charge on any atom is -0.466 e. The molecule has 4 atom stereocenters. The Balaban J connectivity index is 2.16. The predicted molar refractivity (Wildman–Crippen MR) is 87.9 cm³/mol. The summed E-state index contributed by atoms with van der Waals surface area (Å²) < 4.78 is 30.8. The van der Waals surface area contributed by atoms with Gasteiger partial charge in [0.05, 0.1) is 12.5 Å². The summed E-state index contributed by atoms with van der Waals surface area (Å²) in [5, 5.41) is 0. The molecule has 0 amide bonds. The first-order valence-corrected chi connectivity index (χ1v) is 9.05. The maximum Gasteiger partial charge on any atom is 0.308 e. The van der Waals surface area contributed by atoms with Crippen molar-refractivity contribution in [1.82, 2.24) is 0 Å². The monoisotopic (exact) mass is 340 g/mol. The third-order valence-corrected chi connectivity index (χ3v) is 4.73. The van der Waals surface area contributed by atoms with Crippen molar-refractivity contribution in [2.24, 2.45) is 11.8 Å². The van der Waals surface area contributed by atoms with E-state index in [4.69, 9.17) is 8.92 Å². The summed E-state index contributed by atoms with van der Waals surface area (Å²) in [6, 6.07) is 7.75. The molecule has 1 saturated carbocycles. The molecule has 0 spiro atoms. The van der Waals surface area contributed by atoms with Gasteiger partial charge in [0.1, 0.15) is 6.10 Å². The maximum atomic E-state index is 12.0. The van der Waals surface area contributed by atoms with Gasteiger partial charge >= 0.3 is 17.3 Å². The molecule has 23 heavy (non-hydrogen) atoms. The van der Waals surface area contributed by atoms with E-state index in [0.717, 1.165) is 30.4 Å². The Hall–Kier alpha value is -1.24. The molecule has 0 bridgehead atoms. The zero-order valence-corrected chi connectivity index (χ0v) is 14.4. The van der Waals surface area contributed by atoms with Crippen LogP contribution in [-0.4, -0.2) is 21.3 Å². The van der Waals surface area contributed by atoms with Gasteiger partial charge in [-0.05, 0) is 44.6 Å². The average Bonchev–Trinajstić information content (AvgIpc) is 2.54. The van der Waals surface area contributed by atoms with Crippen molar-refractivity contribution >= 4 is 17.3 Å². The molecule has 128 valence electrons. The van der Waals surface area contributed by atoms with Crippen molar-refractivity contribution in [3.05, 3.63) is 35.4 Å². The number of aryl methyl sites for hydroxylation is 1. The van der Waals surface area contributed by atoms with Crippen LogP contribution in [-0.2, 0) is 25.1 Å². The third kappa shape index (κ3) is 5.12. The summed E-state index contributed by atoms with van der Waals surface area (Å²) in [6.07, 6.45) is 2.69. The van der Waals surface area contributed by atoms with Crippen LogP contribution in [0.15, 0.2) is 24.3 Å². The van der Waals surface area contributed by atoms with Gasteiger partial charge in [0.15, 0.2) is 0 Å². The Morgan fingerprint density at radius 1 is 1.35 bits per heavy atom. The Bertz CT molecular complexity index is 542. The van der Waals surface area contributed by atoms with E-state index in [0.29, 0.717) is 13.0 Å². The molecule has 1 aliphatic rings. The number of benzene rings is 1.